The Bertz CT molecular complexity index is 959. The Hall–Kier alpha value is -3.42. The molecule has 3 aromatic rings. The molecule has 0 aliphatic rings. The van der Waals surface area contributed by atoms with E-state index >= 15 is 0 Å². The Morgan fingerprint density at radius 2 is 2.14 bits per heavy atom. The molecular weight excluding hydrogens is 358 g/mol. The van der Waals surface area contributed by atoms with Gasteiger partial charge in [0.2, 0.25) is 0 Å². The lowest BCUT2D eigenvalue weighted by Gasteiger charge is -2.08. The first-order valence-electron chi connectivity index (χ1n) is 9.08. The molecule has 0 atom stereocenters. The van der Waals surface area contributed by atoms with Crippen LogP contribution in [0.3, 0.4) is 0 Å². The molecule has 0 spiro atoms. The van der Waals surface area contributed by atoms with Gasteiger partial charge >= 0.3 is 5.97 Å². The molecule has 146 valence electrons. The van der Waals surface area contributed by atoms with Crippen molar-refractivity contribution < 1.29 is 14.3 Å². The fourth-order valence-corrected chi connectivity index (χ4v) is 3.08. The number of hydrogen-bond donors (Lipinski definition) is 2. The van der Waals surface area contributed by atoms with Gasteiger partial charge in [0, 0.05) is 30.8 Å². The van der Waals surface area contributed by atoms with Crippen LogP contribution >= 0.6 is 0 Å². The molecule has 3 rings (SSSR count). The molecule has 1 amide bonds. The molecule has 28 heavy (non-hydrogen) atoms. The van der Waals surface area contributed by atoms with E-state index in [1.165, 1.54) is 7.11 Å². The minimum Gasteiger partial charge on any atom is -0.465 e. The topological polar surface area (TPSA) is 102 Å². The molecule has 0 aromatic carbocycles. The summed E-state index contributed by atoms with van der Waals surface area (Å²) in [6, 6.07) is 5.55. The predicted octanol–water partition coefficient (Wildman–Crippen LogP) is 2.57. The molecule has 0 saturated heterocycles. The number of nitrogens with one attached hydrogen (secondary N) is 2. The van der Waals surface area contributed by atoms with Crippen LogP contribution < -0.4 is 5.32 Å². The van der Waals surface area contributed by atoms with Crippen molar-refractivity contribution in [3.05, 3.63) is 64.9 Å². The van der Waals surface area contributed by atoms with Gasteiger partial charge in [-0.2, -0.15) is 5.10 Å². The maximum absolute atomic E-state index is 12.7. The van der Waals surface area contributed by atoms with Crippen molar-refractivity contribution in [1.29, 1.82) is 0 Å². The zero-order chi connectivity index (χ0) is 20.1. The third-order valence-corrected chi connectivity index (χ3v) is 4.41. The van der Waals surface area contributed by atoms with Crippen LogP contribution in [0.25, 0.3) is 5.82 Å². The molecule has 8 heteroatoms. The molecule has 0 unspecified atom stereocenters. The minimum atomic E-state index is -0.435. The maximum atomic E-state index is 12.7. The third-order valence-electron chi connectivity index (χ3n) is 4.41. The first-order valence-corrected chi connectivity index (χ1v) is 9.08. The summed E-state index contributed by atoms with van der Waals surface area (Å²) in [5.41, 5.74) is 3.03. The second-order valence-electron chi connectivity index (χ2n) is 6.38. The summed E-state index contributed by atoms with van der Waals surface area (Å²) < 4.78 is 6.52. The Balaban J connectivity index is 1.73. The van der Waals surface area contributed by atoms with Gasteiger partial charge in [0.05, 0.1) is 12.7 Å². The number of ether oxygens (including phenoxy) is 1. The number of aromatic amines is 1. The first kappa shape index (κ1) is 19.3. The summed E-state index contributed by atoms with van der Waals surface area (Å²) in [7, 11) is 1.34. The molecule has 3 aromatic heterocycles. The van der Waals surface area contributed by atoms with Gasteiger partial charge in [-0.1, -0.05) is 19.4 Å². The molecule has 2 N–H and O–H groups in total. The summed E-state index contributed by atoms with van der Waals surface area (Å²) in [6.45, 7) is 4.08. The van der Waals surface area contributed by atoms with E-state index in [1.807, 2.05) is 31.3 Å². The number of hydrogen-bond acceptors (Lipinski definition) is 5. The summed E-state index contributed by atoms with van der Waals surface area (Å²) in [5.74, 6) is 0.000497. The average Bonchev–Trinajstić information content (AvgIpc) is 3.35. The Morgan fingerprint density at radius 3 is 2.75 bits per heavy atom. The van der Waals surface area contributed by atoms with Crippen molar-refractivity contribution in [2.45, 2.75) is 33.2 Å². The number of rotatable bonds is 7. The number of aromatic nitrogens is 4. The molecule has 0 bridgehead atoms. The number of H-pyrrole nitrogens is 1. The fraction of sp³-hybridized carbons (Fsp3) is 0.300. The summed E-state index contributed by atoms with van der Waals surface area (Å²) in [4.78, 5) is 32.2. The van der Waals surface area contributed by atoms with Crippen LogP contribution in [0.5, 0.6) is 0 Å². The molecule has 3 heterocycles. The van der Waals surface area contributed by atoms with Crippen LogP contribution in [0.2, 0.25) is 0 Å². The highest BCUT2D eigenvalue weighted by atomic mass is 16.5. The van der Waals surface area contributed by atoms with Gasteiger partial charge in [-0.3, -0.25) is 4.79 Å². The largest absolute Gasteiger partial charge is 0.465 e. The van der Waals surface area contributed by atoms with Gasteiger partial charge in [-0.25, -0.2) is 14.5 Å². The van der Waals surface area contributed by atoms with Crippen molar-refractivity contribution in [3.63, 3.8) is 0 Å². The number of amides is 1. The lowest BCUT2D eigenvalue weighted by atomic mass is 10.0. The molecule has 0 fully saturated rings. The van der Waals surface area contributed by atoms with E-state index in [0.717, 1.165) is 12.0 Å². The SMILES string of the molecule is CCCc1c(C(=O)NCc2ccc(-n3cccn3)nc2)[nH]c(C)c1C(=O)OC. The summed E-state index contributed by atoms with van der Waals surface area (Å²) >= 11 is 0. The molecular formula is C20H23N5O3. The van der Waals surface area contributed by atoms with Gasteiger partial charge in [0.25, 0.3) is 5.91 Å². The van der Waals surface area contributed by atoms with Gasteiger partial charge in [0.1, 0.15) is 5.69 Å². The highest BCUT2D eigenvalue weighted by molar-refractivity contribution is 6.00. The second-order valence-corrected chi connectivity index (χ2v) is 6.38. The van der Waals surface area contributed by atoms with Gasteiger partial charge < -0.3 is 15.0 Å². The van der Waals surface area contributed by atoms with E-state index in [4.69, 9.17) is 4.74 Å². The van der Waals surface area contributed by atoms with Crippen LogP contribution in [0.1, 0.15) is 51.0 Å². The van der Waals surface area contributed by atoms with Crippen molar-refractivity contribution in [2.75, 3.05) is 7.11 Å². The highest BCUT2D eigenvalue weighted by Gasteiger charge is 2.24. The monoisotopic (exact) mass is 381 g/mol. The maximum Gasteiger partial charge on any atom is 0.339 e. The second kappa shape index (κ2) is 8.51. The molecule has 0 aliphatic carbocycles. The number of pyridine rings is 1. The zero-order valence-electron chi connectivity index (χ0n) is 16.2. The van der Waals surface area contributed by atoms with Crippen molar-refractivity contribution in [1.82, 2.24) is 25.1 Å². The van der Waals surface area contributed by atoms with Crippen LogP contribution in [0, 0.1) is 6.92 Å². The predicted molar refractivity (Wildman–Crippen MR) is 103 cm³/mol. The number of methoxy groups -OCH3 is 1. The summed E-state index contributed by atoms with van der Waals surface area (Å²) in [6.07, 6.45) is 6.61. The van der Waals surface area contributed by atoms with E-state index in [1.54, 1.807) is 24.0 Å². The van der Waals surface area contributed by atoms with Crippen molar-refractivity contribution >= 4 is 11.9 Å². The van der Waals surface area contributed by atoms with E-state index in [2.05, 4.69) is 20.4 Å². The van der Waals surface area contributed by atoms with Crippen LogP contribution in [0.15, 0.2) is 36.8 Å². The lowest BCUT2D eigenvalue weighted by Crippen LogP contribution is -2.24. The smallest absolute Gasteiger partial charge is 0.339 e. The van der Waals surface area contributed by atoms with E-state index in [-0.39, 0.29) is 5.91 Å². The van der Waals surface area contributed by atoms with E-state index in [0.29, 0.717) is 41.3 Å². The number of carbonyl (C=O) groups excluding carboxylic acids is 2. The van der Waals surface area contributed by atoms with E-state index < -0.39 is 5.97 Å². The fourth-order valence-electron chi connectivity index (χ4n) is 3.08. The molecule has 8 nitrogen and oxygen atoms in total. The number of nitrogens with zero attached hydrogens (tertiary/aromatic N) is 3. The Kier molecular flexibility index (Phi) is 5.88. The Morgan fingerprint density at radius 1 is 1.32 bits per heavy atom. The van der Waals surface area contributed by atoms with Crippen LogP contribution in [-0.2, 0) is 17.7 Å². The number of carbonyl (C=O) groups is 2. The van der Waals surface area contributed by atoms with Crippen LogP contribution in [0.4, 0.5) is 0 Å². The minimum absolute atomic E-state index is 0.266. The van der Waals surface area contributed by atoms with Gasteiger partial charge in [-0.05, 0) is 36.6 Å². The van der Waals surface area contributed by atoms with E-state index in [9.17, 15) is 9.59 Å². The number of aryl methyl sites for hydroxylation is 1. The van der Waals surface area contributed by atoms with Crippen molar-refractivity contribution in [2.24, 2.45) is 0 Å². The third kappa shape index (κ3) is 3.95. The van der Waals surface area contributed by atoms with Crippen LogP contribution in [-0.4, -0.2) is 38.7 Å². The normalized spacial score (nSPS) is 10.7. The lowest BCUT2D eigenvalue weighted by molar-refractivity contribution is 0.0599. The average molecular weight is 381 g/mol. The molecule has 0 radical (unpaired) electrons. The molecule has 0 saturated carbocycles. The zero-order valence-corrected chi connectivity index (χ0v) is 16.2. The molecule has 0 aliphatic heterocycles. The first-order chi connectivity index (χ1) is 13.5. The number of esters is 1. The highest BCUT2D eigenvalue weighted by Crippen LogP contribution is 2.22. The van der Waals surface area contributed by atoms with Crippen molar-refractivity contribution in [3.8, 4) is 5.82 Å². The quantitative estimate of drug-likeness (QED) is 0.613. The van der Waals surface area contributed by atoms with Gasteiger partial charge in [0.15, 0.2) is 5.82 Å². The summed E-state index contributed by atoms with van der Waals surface area (Å²) in [5, 5.41) is 7.01. The Labute approximate surface area is 162 Å². The standard InChI is InChI=1S/C20H23N5O3/c1-4-6-15-17(20(27)28-3)13(2)24-18(15)19(26)22-12-14-7-8-16(21-11-14)25-10-5-9-23-25/h5,7-11,24H,4,6,12H2,1-3H3,(H,22,26). The van der Waals surface area contributed by atoms with Gasteiger partial charge in [-0.15, -0.1) is 0 Å².